The van der Waals surface area contributed by atoms with Gasteiger partial charge in [0.25, 0.3) is 0 Å². The highest BCUT2D eigenvalue weighted by atomic mass is 15.1. The molecule has 0 saturated heterocycles. The van der Waals surface area contributed by atoms with Crippen LogP contribution in [-0.2, 0) is 0 Å². The van der Waals surface area contributed by atoms with Crippen molar-refractivity contribution in [1.82, 2.24) is 9.97 Å². The molecule has 1 aliphatic carbocycles. The smallest absolute Gasteiger partial charge is 0.223 e. The van der Waals surface area contributed by atoms with Crippen LogP contribution in [0, 0.1) is 5.92 Å². The molecule has 0 radical (unpaired) electrons. The van der Waals surface area contributed by atoms with Crippen LogP contribution >= 0.6 is 0 Å². The van der Waals surface area contributed by atoms with Crippen LogP contribution in [0.1, 0.15) is 46.0 Å². The van der Waals surface area contributed by atoms with Gasteiger partial charge in [0.1, 0.15) is 11.6 Å². The predicted octanol–water partition coefficient (Wildman–Crippen LogP) is 2.87. The Morgan fingerprint density at radius 2 is 1.95 bits per heavy atom. The van der Waals surface area contributed by atoms with Gasteiger partial charge in [-0.1, -0.05) is 26.2 Å². The van der Waals surface area contributed by atoms with E-state index in [9.17, 15) is 0 Å². The standard InChI is InChI=1S/C14H25N5/c1-3-10-7-5-6-8-11(10)17-13-9-12(16-4-2)18-14(15)19-13/h9-11H,3-8H2,1-2H3,(H4,15,16,17,18,19). The SMILES string of the molecule is CCNc1cc(NC2CCCCC2CC)nc(N)n1. The zero-order valence-electron chi connectivity index (χ0n) is 11.9. The minimum Gasteiger partial charge on any atom is -0.370 e. The van der Waals surface area contributed by atoms with Gasteiger partial charge in [-0.15, -0.1) is 0 Å². The summed E-state index contributed by atoms with van der Waals surface area (Å²) < 4.78 is 0. The molecule has 2 rings (SSSR count). The van der Waals surface area contributed by atoms with Crippen molar-refractivity contribution in [3.8, 4) is 0 Å². The highest BCUT2D eigenvalue weighted by Crippen LogP contribution is 2.29. The molecule has 2 atom stereocenters. The Bertz CT molecular complexity index is 407. The molecule has 1 aromatic rings. The van der Waals surface area contributed by atoms with Crippen molar-refractivity contribution in [2.75, 3.05) is 22.9 Å². The molecule has 1 fully saturated rings. The lowest BCUT2D eigenvalue weighted by Gasteiger charge is -2.32. The summed E-state index contributed by atoms with van der Waals surface area (Å²) in [6.07, 6.45) is 6.41. The summed E-state index contributed by atoms with van der Waals surface area (Å²) in [6, 6.07) is 2.46. The fourth-order valence-electron chi connectivity index (χ4n) is 2.89. The van der Waals surface area contributed by atoms with E-state index >= 15 is 0 Å². The van der Waals surface area contributed by atoms with Crippen molar-refractivity contribution >= 4 is 17.6 Å². The molecule has 1 aromatic heterocycles. The summed E-state index contributed by atoms with van der Waals surface area (Å²) >= 11 is 0. The topological polar surface area (TPSA) is 75.9 Å². The molecule has 0 spiro atoms. The van der Waals surface area contributed by atoms with E-state index in [1.54, 1.807) is 0 Å². The summed E-state index contributed by atoms with van der Waals surface area (Å²) in [5.41, 5.74) is 5.76. The molecular formula is C14H25N5. The second kappa shape index (κ2) is 6.59. The quantitative estimate of drug-likeness (QED) is 0.761. The molecule has 5 heteroatoms. The van der Waals surface area contributed by atoms with E-state index in [2.05, 4.69) is 27.5 Å². The van der Waals surface area contributed by atoms with Crippen LogP contribution in [-0.4, -0.2) is 22.6 Å². The maximum absolute atomic E-state index is 5.76. The Morgan fingerprint density at radius 1 is 1.21 bits per heavy atom. The third-order valence-corrected chi connectivity index (χ3v) is 3.87. The second-order valence-corrected chi connectivity index (χ2v) is 5.23. The molecule has 1 saturated carbocycles. The maximum atomic E-state index is 5.76. The van der Waals surface area contributed by atoms with Gasteiger partial charge in [-0.2, -0.15) is 9.97 Å². The first-order valence-electron chi connectivity index (χ1n) is 7.37. The molecule has 4 N–H and O–H groups in total. The molecule has 5 nitrogen and oxygen atoms in total. The van der Waals surface area contributed by atoms with Crippen molar-refractivity contribution in [3.63, 3.8) is 0 Å². The van der Waals surface area contributed by atoms with E-state index in [0.717, 1.165) is 24.1 Å². The van der Waals surface area contributed by atoms with Gasteiger partial charge in [0.15, 0.2) is 0 Å². The van der Waals surface area contributed by atoms with Gasteiger partial charge in [0, 0.05) is 18.7 Å². The van der Waals surface area contributed by atoms with Crippen molar-refractivity contribution < 1.29 is 0 Å². The van der Waals surface area contributed by atoms with Crippen molar-refractivity contribution in [1.29, 1.82) is 0 Å². The van der Waals surface area contributed by atoms with Crippen LogP contribution in [0.5, 0.6) is 0 Å². The molecule has 0 aromatic carbocycles. The molecule has 0 amide bonds. The van der Waals surface area contributed by atoms with Gasteiger partial charge in [-0.05, 0) is 25.7 Å². The third kappa shape index (κ3) is 3.72. The number of aromatic nitrogens is 2. The number of hydrogen-bond donors (Lipinski definition) is 3. The lowest BCUT2D eigenvalue weighted by molar-refractivity contribution is 0.317. The molecule has 2 unspecified atom stereocenters. The van der Waals surface area contributed by atoms with Gasteiger partial charge < -0.3 is 16.4 Å². The molecule has 0 aliphatic heterocycles. The van der Waals surface area contributed by atoms with Gasteiger partial charge in [0.2, 0.25) is 5.95 Å². The Balaban J connectivity index is 2.08. The molecule has 106 valence electrons. The number of nitrogen functional groups attached to an aromatic ring is 1. The normalized spacial score (nSPS) is 23.1. The van der Waals surface area contributed by atoms with E-state index in [0.29, 0.717) is 12.0 Å². The zero-order chi connectivity index (χ0) is 13.7. The number of rotatable bonds is 5. The number of nitrogens with zero attached hydrogens (tertiary/aromatic N) is 2. The average molecular weight is 263 g/mol. The molecule has 1 aliphatic rings. The number of anilines is 3. The summed E-state index contributed by atoms with van der Waals surface area (Å²) in [6.45, 7) is 5.14. The fraction of sp³-hybridized carbons (Fsp3) is 0.714. The third-order valence-electron chi connectivity index (χ3n) is 3.87. The van der Waals surface area contributed by atoms with E-state index in [-0.39, 0.29) is 0 Å². The first kappa shape index (κ1) is 13.9. The van der Waals surface area contributed by atoms with E-state index in [4.69, 9.17) is 5.73 Å². The number of nitrogens with one attached hydrogen (secondary N) is 2. The summed E-state index contributed by atoms with van der Waals surface area (Å²) in [5, 5.41) is 6.73. The highest BCUT2D eigenvalue weighted by molar-refractivity contribution is 5.51. The fourth-order valence-corrected chi connectivity index (χ4v) is 2.89. The van der Waals surface area contributed by atoms with Crippen LogP contribution in [0.3, 0.4) is 0 Å². The lowest BCUT2D eigenvalue weighted by Crippen LogP contribution is -2.32. The van der Waals surface area contributed by atoms with Crippen LogP contribution in [0.4, 0.5) is 17.6 Å². The Morgan fingerprint density at radius 3 is 2.68 bits per heavy atom. The van der Waals surface area contributed by atoms with E-state index in [1.165, 1.54) is 32.1 Å². The van der Waals surface area contributed by atoms with Crippen LogP contribution in [0.25, 0.3) is 0 Å². The Hall–Kier alpha value is -1.52. The van der Waals surface area contributed by atoms with E-state index < -0.39 is 0 Å². The number of nitrogens with two attached hydrogens (primary N) is 1. The minimum absolute atomic E-state index is 0.324. The minimum atomic E-state index is 0.324. The van der Waals surface area contributed by atoms with Gasteiger partial charge in [0.05, 0.1) is 0 Å². The Labute approximate surface area is 115 Å². The molecule has 1 heterocycles. The first-order chi connectivity index (χ1) is 9.22. The van der Waals surface area contributed by atoms with Crippen LogP contribution in [0.15, 0.2) is 6.07 Å². The van der Waals surface area contributed by atoms with Gasteiger partial charge in [-0.3, -0.25) is 0 Å². The van der Waals surface area contributed by atoms with Crippen molar-refractivity contribution in [3.05, 3.63) is 6.07 Å². The highest BCUT2D eigenvalue weighted by Gasteiger charge is 2.23. The first-order valence-corrected chi connectivity index (χ1v) is 7.37. The summed E-state index contributed by atoms with van der Waals surface area (Å²) in [7, 11) is 0. The maximum Gasteiger partial charge on any atom is 0.223 e. The monoisotopic (exact) mass is 263 g/mol. The molecule has 0 bridgehead atoms. The predicted molar refractivity (Wildman–Crippen MR) is 80.3 cm³/mol. The Kier molecular flexibility index (Phi) is 4.82. The molecular weight excluding hydrogens is 238 g/mol. The second-order valence-electron chi connectivity index (χ2n) is 5.23. The van der Waals surface area contributed by atoms with Crippen LogP contribution in [0.2, 0.25) is 0 Å². The summed E-state index contributed by atoms with van der Waals surface area (Å²) in [4.78, 5) is 8.47. The molecule has 19 heavy (non-hydrogen) atoms. The number of hydrogen-bond acceptors (Lipinski definition) is 5. The van der Waals surface area contributed by atoms with Crippen LogP contribution < -0.4 is 16.4 Å². The largest absolute Gasteiger partial charge is 0.370 e. The lowest BCUT2D eigenvalue weighted by atomic mass is 9.83. The van der Waals surface area contributed by atoms with Gasteiger partial charge in [-0.25, -0.2) is 0 Å². The van der Waals surface area contributed by atoms with Crippen molar-refractivity contribution in [2.45, 2.75) is 52.0 Å². The van der Waals surface area contributed by atoms with E-state index in [1.807, 2.05) is 13.0 Å². The van der Waals surface area contributed by atoms with Gasteiger partial charge >= 0.3 is 0 Å². The van der Waals surface area contributed by atoms with Crippen molar-refractivity contribution in [2.24, 2.45) is 5.92 Å². The zero-order valence-corrected chi connectivity index (χ0v) is 11.9. The summed E-state index contributed by atoms with van der Waals surface area (Å²) in [5.74, 6) is 2.70. The average Bonchev–Trinajstić information content (AvgIpc) is 2.39.